The molecule has 6 nitrogen and oxygen atoms in total. The molecule has 0 aliphatic carbocycles. The summed E-state index contributed by atoms with van der Waals surface area (Å²) in [6.45, 7) is 1.78. The number of methoxy groups -OCH3 is 2. The van der Waals surface area contributed by atoms with Crippen LogP contribution in [-0.2, 0) is 0 Å². The number of fused-ring (bicyclic) bond motifs is 1. The molecule has 0 saturated heterocycles. The minimum Gasteiger partial charge on any atom is -0.508 e. The number of benzene rings is 2. The predicted molar refractivity (Wildman–Crippen MR) is 86.6 cm³/mol. The second-order valence-electron chi connectivity index (χ2n) is 5.58. The van der Waals surface area contributed by atoms with E-state index >= 15 is 0 Å². The van der Waals surface area contributed by atoms with Gasteiger partial charge in [-0.3, -0.25) is 4.79 Å². The van der Waals surface area contributed by atoms with E-state index in [4.69, 9.17) is 14.2 Å². The van der Waals surface area contributed by atoms with Crippen LogP contribution in [0.3, 0.4) is 0 Å². The highest BCUT2D eigenvalue weighted by Crippen LogP contribution is 2.44. The molecule has 1 atom stereocenters. The molecule has 6 heteroatoms. The minimum absolute atomic E-state index is 0.0450. The second kappa shape index (κ2) is 5.96. The Morgan fingerprint density at radius 3 is 2.50 bits per heavy atom. The number of hydrogen-bond acceptors (Lipinski definition) is 6. The Hall–Kier alpha value is -2.89. The molecule has 1 aliphatic heterocycles. The van der Waals surface area contributed by atoms with Gasteiger partial charge in [0.15, 0.2) is 5.78 Å². The van der Waals surface area contributed by atoms with Gasteiger partial charge in [0.25, 0.3) is 0 Å². The van der Waals surface area contributed by atoms with E-state index in [1.807, 2.05) is 0 Å². The van der Waals surface area contributed by atoms with E-state index in [9.17, 15) is 15.0 Å². The monoisotopic (exact) mass is 330 g/mol. The van der Waals surface area contributed by atoms with Crippen molar-refractivity contribution in [2.45, 2.75) is 12.8 Å². The molecular weight excluding hydrogens is 312 g/mol. The van der Waals surface area contributed by atoms with Crippen LogP contribution < -0.4 is 14.2 Å². The van der Waals surface area contributed by atoms with Gasteiger partial charge in [0, 0.05) is 23.3 Å². The van der Waals surface area contributed by atoms with Crippen LogP contribution in [0.5, 0.6) is 28.7 Å². The van der Waals surface area contributed by atoms with Gasteiger partial charge in [-0.05, 0) is 13.0 Å². The standard InChI is InChI=1S/C18H18O6/c1-9-13(22-2)7-15-16(17(9)20)18(21)12(8-24-15)11-5-4-10(19)6-14(11)23-3/h4-7,12,19-20H,8H2,1-3H3. The quantitative estimate of drug-likeness (QED) is 0.900. The average Bonchev–Trinajstić information content (AvgIpc) is 2.58. The van der Waals surface area contributed by atoms with Crippen LogP contribution in [0.15, 0.2) is 24.3 Å². The third kappa shape index (κ3) is 2.40. The molecule has 1 aliphatic rings. The van der Waals surface area contributed by atoms with Gasteiger partial charge >= 0.3 is 0 Å². The van der Waals surface area contributed by atoms with E-state index in [2.05, 4.69) is 0 Å². The highest BCUT2D eigenvalue weighted by molar-refractivity contribution is 6.07. The van der Waals surface area contributed by atoms with Crippen molar-refractivity contribution in [2.24, 2.45) is 0 Å². The number of ether oxygens (including phenoxy) is 3. The molecule has 24 heavy (non-hydrogen) atoms. The van der Waals surface area contributed by atoms with Crippen molar-refractivity contribution in [1.29, 1.82) is 0 Å². The summed E-state index contributed by atoms with van der Waals surface area (Å²) < 4.78 is 16.1. The summed E-state index contributed by atoms with van der Waals surface area (Å²) in [6.07, 6.45) is 0. The molecule has 1 unspecified atom stereocenters. The SMILES string of the molecule is COc1cc(O)ccc1C1COc2cc(OC)c(C)c(O)c2C1=O. The first-order valence-corrected chi connectivity index (χ1v) is 7.42. The van der Waals surface area contributed by atoms with Crippen molar-refractivity contribution in [2.75, 3.05) is 20.8 Å². The third-order valence-electron chi connectivity index (χ3n) is 4.25. The van der Waals surface area contributed by atoms with Gasteiger partial charge in [0.1, 0.15) is 40.9 Å². The Balaban J connectivity index is 2.09. The third-order valence-corrected chi connectivity index (χ3v) is 4.25. The number of rotatable bonds is 3. The van der Waals surface area contributed by atoms with Crippen LogP contribution in [0.4, 0.5) is 0 Å². The lowest BCUT2D eigenvalue weighted by molar-refractivity contribution is 0.0889. The predicted octanol–water partition coefficient (Wildman–Crippen LogP) is 2.78. The van der Waals surface area contributed by atoms with Crippen molar-refractivity contribution < 1.29 is 29.2 Å². The number of hydrogen-bond donors (Lipinski definition) is 2. The van der Waals surface area contributed by atoms with Gasteiger partial charge in [0.05, 0.1) is 20.1 Å². The van der Waals surface area contributed by atoms with Crippen LogP contribution >= 0.6 is 0 Å². The molecule has 0 saturated carbocycles. The zero-order chi connectivity index (χ0) is 17.4. The molecule has 2 N–H and O–H groups in total. The van der Waals surface area contributed by atoms with Gasteiger partial charge in [-0.15, -0.1) is 0 Å². The molecule has 0 radical (unpaired) electrons. The summed E-state index contributed by atoms with van der Waals surface area (Å²) in [5, 5.41) is 20.0. The van der Waals surface area contributed by atoms with Gasteiger partial charge in [-0.25, -0.2) is 0 Å². The van der Waals surface area contributed by atoms with Crippen LogP contribution in [0, 0.1) is 6.92 Å². The van der Waals surface area contributed by atoms with Crippen molar-refractivity contribution in [3.8, 4) is 28.7 Å². The lowest BCUT2D eigenvalue weighted by Gasteiger charge is -2.27. The molecule has 2 aromatic rings. The maximum atomic E-state index is 12.9. The number of aromatic hydroxyl groups is 2. The summed E-state index contributed by atoms with van der Waals surface area (Å²) in [6, 6.07) is 6.15. The zero-order valence-electron chi connectivity index (χ0n) is 13.6. The molecule has 126 valence electrons. The van der Waals surface area contributed by atoms with E-state index in [1.165, 1.54) is 26.4 Å². The number of phenolic OH excluding ortho intramolecular Hbond substituents is 2. The highest BCUT2D eigenvalue weighted by Gasteiger charge is 2.35. The molecule has 0 bridgehead atoms. The maximum Gasteiger partial charge on any atom is 0.181 e. The van der Waals surface area contributed by atoms with Crippen molar-refractivity contribution in [3.63, 3.8) is 0 Å². The fraction of sp³-hybridized carbons (Fsp3) is 0.278. The first kappa shape index (κ1) is 16.0. The largest absolute Gasteiger partial charge is 0.508 e. The Morgan fingerprint density at radius 2 is 1.83 bits per heavy atom. The van der Waals surface area contributed by atoms with E-state index in [0.29, 0.717) is 28.4 Å². The summed E-state index contributed by atoms with van der Waals surface area (Å²) in [4.78, 5) is 12.9. The van der Waals surface area contributed by atoms with Crippen molar-refractivity contribution >= 4 is 5.78 Å². The molecule has 3 rings (SSSR count). The summed E-state index contributed by atoms with van der Waals surface area (Å²) in [5.41, 5.74) is 1.21. The molecule has 0 spiro atoms. The molecule has 2 aromatic carbocycles. The Bertz CT molecular complexity index is 812. The van der Waals surface area contributed by atoms with Gasteiger partial charge in [-0.2, -0.15) is 0 Å². The molecule has 0 fully saturated rings. The summed E-state index contributed by atoms with van der Waals surface area (Å²) in [5.74, 6) is 0.162. The summed E-state index contributed by atoms with van der Waals surface area (Å²) >= 11 is 0. The topological polar surface area (TPSA) is 85.2 Å². The first-order chi connectivity index (χ1) is 11.5. The van der Waals surface area contributed by atoms with E-state index in [-0.39, 0.29) is 29.5 Å². The lowest BCUT2D eigenvalue weighted by Crippen LogP contribution is -2.26. The first-order valence-electron chi connectivity index (χ1n) is 7.42. The summed E-state index contributed by atoms with van der Waals surface area (Å²) in [7, 11) is 2.95. The van der Waals surface area contributed by atoms with Crippen molar-refractivity contribution in [1.82, 2.24) is 0 Å². The molecular formula is C18H18O6. The van der Waals surface area contributed by atoms with Gasteiger partial charge in [0.2, 0.25) is 0 Å². The van der Waals surface area contributed by atoms with E-state index in [0.717, 1.165) is 0 Å². The van der Waals surface area contributed by atoms with Crippen molar-refractivity contribution in [3.05, 3.63) is 41.0 Å². The average molecular weight is 330 g/mol. The second-order valence-corrected chi connectivity index (χ2v) is 5.58. The molecule has 1 heterocycles. The Labute approximate surface area is 139 Å². The Kier molecular flexibility index (Phi) is 3.97. The Morgan fingerprint density at radius 1 is 1.12 bits per heavy atom. The number of carbonyl (C=O) groups excluding carboxylic acids is 1. The minimum atomic E-state index is -0.633. The molecule has 0 amide bonds. The normalized spacial score (nSPS) is 16.3. The number of ketones is 1. The van der Waals surface area contributed by atoms with Gasteiger partial charge < -0.3 is 24.4 Å². The van der Waals surface area contributed by atoms with Crippen LogP contribution in [0.25, 0.3) is 0 Å². The number of phenols is 2. The smallest absolute Gasteiger partial charge is 0.181 e. The fourth-order valence-corrected chi connectivity index (χ4v) is 2.93. The van der Waals surface area contributed by atoms with E-state index < -0.39 is 5.92 Å². The number of Topliss-reactive ketones (excluding diaryl/α,β-unsaturated/α-hetero) is 1. The van der Waals surface area contributed by atoms with Crippen LogP contribution in [-0.4, -0.2) is 36.8 Å². The maximum absolute atomic E-state index is 12.9. The molecule has 0 aromatic heterocycles. The van der Waals surface area contributed by atoms with Crippen LogP contribution in [0.1, 0.15) is 27.4 Å². The number of carbonyl (C=O) groups is 1. The van der Waals surface area contributed by atoms with Gasteiger partial charge in [-0.1, -0.05) is 6.07 Å². The van der Waals surface area contributed by atoms with Crippen LogP contribution in [0.2, 0.25) is 0 Å². The fourth-order valence-electron chi connectivity index (χ4n) is 2.93. The van der Waals surface area contributed by atoms with E-state index in [1.54, 1.807) is 19.1 Å². The highest BCUT2D eigenvalue weighted by atomic mass is 16.5. The zero-order valence-corrected chi connectivity index (χ0v) is 13.6. The lowest BCUT2D eigenvalue weighted by atomic mass is 9.87.